The first-order chi connectivity index (χ1) is 10.9. The van der Waals surface area contributed by atoms with Gasteiger partial charge in [0.05, 0.1) is 12.2 Å². The third-order valence-electron chi connectivity index (χ3n) is 4.14. The number of benzene rings is 1. The molecular weight excluding hydrogens is 360 g/mol. The quantitative estimate of drug-likeness (QED) is 0.791. The van der Waals surface area contributed by atoms with Crippen LogP contribution in [0.25, 0.3) is 0 Å². The van der Waals surface area contributed by atoms with Gasteiger partial charge in [0.15, 0.2) is 0 Å². The zero-order valence-electron chi connectivity index (χ0n) is 13.3. The molecular formula is C17H23BrN2O3. The number of aryl methyl sites for hydroxylation is 1. The Balaban J connectivity index is 1.83. The van der Waals surface area contributed by atoms with Gasteiger partial charge < -0.3 is 10.4 Å². The normalized spacial score (nSPS) is 18.6. The van der Waals surface area contributed by atoms with E-state index in [9.17, 15) is 9.59 Å². The number of nitrogens with zero attached hydrogens (tertiary/aromatic N) is 1. The second-order valence-electron chi connectivity index (χ2n) is 6.21. The van der Waals surface area contributed by atoms with Gasteiger partial charge in [-0.3, -0.25) is 14.5 Å². The molecule has 2 rings (SSSR count). The Hall–Kier alpha value is -1.40. The van der Waals surface area contributed by atoms with Crippen molar-refractivity contribution in [3.8, 4) is 0 Å². The summed E-state index contributed by atoms with van der Waals surface area (Å²) in [6.07, 6.45) is 2.97. The van der Waals surface area contributed by atoms with Crippen LogP contribution in [0.4, 0.5) is 5.69 Å². The van der Waals surface area contributed by atoms with E-state index in [1.165, 1.54) is 0 Å². The van der Waals surface area contributed by atoms with Crippen molar-refractivity contribution >= 4 is 33.5 Å². The first-order valence-electron chi connectivity index (χ1n) is 7.94. The highest BCUT2D eigenvalue weighted by molar-refractivity contribution is 9.10. The van der Waals surface area contributed by atoms with Crippen molar-refractivity contribution in [1.82, 2.24) is 4.90 Å². The molecule has 1 aliphatic heterocycles. The number of piperidine rings is 1. The average molecular weight is 383 g/mol. The van der Waals surface area contributed by atoms with Crippen LogP contribution >= 0.6 is 15.9 Å². The number of amides is 1. The highest BCUT2D eigenvalue weighted by atomic mass is 79.9. The van der Waals surface area contributed by atoms with Gasteiger partial charge in [0.2, 0.25) is 5.91 Å². The Labute approximate surface area is 145 Å². The van der Waals surface area contributed by atoms with Crippen LogP contribution in [0.2, 0.25) is 0 Å². The third-order valence-corrected chi connectivity index (χ3v) is 4.79. The zero-order valence-corrected chi connectivity index (χ0v) is 14.9. The fourth-order valence-corrected chi connectivity index (χ4v) is 3.56. The minimum atomic E-state index is -0.746. The summed E-state index contributed by atoms with van der Waals surface area (Å²) in [6, 6.07) is 5.82. The van der Waals surface area contributed by atoms with Gasteiger partial charge in [-0.2, -0.15) is 0 Å². The fraction of sp³-hybridized carbons (Fsp3) is 0.529. The van der Waals surface area contributed by atoms with Gasteiger partial charge in [0.25, 0.3) is 0 Å². The van der Waals surface area contributed by atoms with E-state index in [0.29, 0.717) is 18.9 Å². The van der Waals surface area contributed by atoms with Gasteiger partial charge in [-0.1, -0.05) is 6.07 Å². The summed E-state index contributed by atoms with van der Waals surface area (Å²) in [5, 5.41) is 11.7. The smallest absolute Gasteiger partial charge is 0.303 e. The first kappa shape index (κ1) is 17.9. The van der Waals surface area contributed by atoms with Crippen molar-refractivity contribution in [1.29, 1.82) is 0 Å². The molecule has 23 heavy (non-hydrogen) atoms. The lowest BCUT2D eigenvalue weighted by molar-refractivity contribution is -0.137. The van der Waals surface area contributed by atoms with Crippen molar-refractivity contribution in [3.05, 3.63) is 28.2 Å². The molecule has 1 aromatic carbocycles. The Morgan fingerprint density at radius 3 is 2.91 bits per heavy atom. The fourth-order valence-electron chi connectivity index (χ4n) is 2.97. The SMILES string of the molecule is Cc1ccc(NC(=O)CN2CCCC(CCC(=O)O)C2)c(Br)c1. The summed E-state index contributed by atoms with van der Waals surface area (Å²) in [4.78, 5) is 25.0. The Bertz CT molecular complexity index is 577. The maximum Gasteiger partial charge on any atom is 0.303 e. The molecule has 1 saturated heterocycles. The molecule has 0 aromatic heterocycles. The molecule has 0 aliphatic carbocycles. The molecule has 2 N–H and O–H groups in total. The number of rotatable bonds is 6. The monoisotopic (exact) mass is 382 g/mol. The molecule has 1 aliphatic rings. The largest absolute Gasteiger partial charge is 0.481 e. The maximum atomic E-state index is 12.2. The van der Waals surface area contributed by atoms with Gasteiger partial charge in [0.1, 0.15) is 0 Å². The summed E-state index contributed by atoms with van der Waals surface area (Å²) in [6.45, 7) is 4.05. The topological polar surface area (TPSA) is 69.6 Å². The Kier molecular flexibility index (Phi) is 6.59. The van der Waals surface area contributed by atoms with Crippen LogP contribution in [-0.2, 0) is 9.59 Å². The van der Waals surface area contributed by atoms with E-state index >= 15 is 0 Å². The van der Waals surface area contributed by atoms with Crippen LogP contribution in [-0.4, -0.2) is 41.5 Å². The summed E-state index contributed by atoms with van der Waals surface area (Å²) < 4.78 is 0.879. The van der Waals surface area contributed by atoms with Crippen molar-refractivity contribution < 1.29 is 14.7 Å². The van der Waals surface area contributed by atoms with Crippen LogP contribution in [0.1, 0.15) is 31.2 Å². The number of nitrogens with one attached hydrogen (secondary N) is 1. The lowest BCUT2D eigenvalue weighted by atomic mass is 9.93. The van der Waals surface area contributed by atoms with E-state index in [-0.39, 0.29) is 12.3 Å². The molecule has 6 heteroatoms. The lowest BCUT2D eigenvalue weighted by Crippen LogP contribution is -2.40. The summed E-state index contributed by atoms with van der Waals surface area (Å²) in [5.74, 6) is -0.406. The Morgan fingerprint density at radius 2 is 2.22 bits per heavy atom. The second kappa shape index (κ2) is 8.45. The molecule has 1 aromatic rings. The summed E-state index contributed by atoms with van der Waals surface area (Å²) in [7, 11) is 0. The molecule has 1 fully saturated rings. The number of carbonyl (C=O) groups excluding carboxylic acids is 1. The highest BCUT2D eigenvalue weighted by Gasteiger charge is 2.22. The maximum absolute atomic E-state index is 12.2. The number of carbonyl (C=O) groups is 2. The minimum Gasteiger partial charge on any atom is -0.481 e. The lowest BCUT2D eigenvalue weighted by Gasteiger charge is -2.32. The average Bonchev–Trinajstić information content (AvgIpc) is 2.48. The predicted octanol–water partition coefficient (Wildman–Crippen LogP) is 3.27. The molecule has 1 heterocycles. The third kappa shape index (κ3) is 5.95. The van der Waals surface area contributed by atoms with Gasteiger partial charge in [-0.15, -0.1) is 0 Å². The van der Waals surface area contributed by atoms with E-state index in [1.807, 2.05) is 25.1 Å². The molecule has 0 spiro atoms. The number of anilines is 1. The van der Waals surface area contributed by atoms with Gasteiger partial charge >= 0.3 is 5.97 Å². The van der Waals surface area contributed by atoms with Crippen molar-refractivity contribution in [3.63, 3.8) is 0 Å². The molecule has 5 nitrogen and oxygen atoms in total. The number of hydrogen-bond donors (Lipinski definition) is 2. The molecule has 0 radical (unpaired) electrons. The number of likely N-dealkylation sites (tertiary alicyclic amines) is 1. The zero-order chi connectivity index (χ0) is 16.8. The van der Waals surface area contributed by atoms with Crippen LogP contribution in [0.15, 0.2) is 22.7 Å². The number of carboxylic acids is 1. The molecule has 126 valence electrons. The molecule has 0 bridgehead atoms. The van der Waals surface area contributed by atoms with E-state index < -0.39 is 5.97 Å². The second-order valence-corrected chi connectivity index (χ2v) is 7.06. The predicted molar refractivity (Wildman–Crippen MR) is 93.5 cm³/mol. The molecule has 0 saturated carbocycles. The number of halogens is 1. The van der Waals surface area contributed by atoms with Crippen molar-refractivity contribution in [2.45, 2.75) is 32.6 Å². The minimum absolute atomic E-state index is 0.0339. The van der Waals surface area contributed by atoms with Crippen LogP contribution in [0.3, 0.4) is 0 Å². The van der Waals surface area contributed by atoms with E-state index in [1.54, 1.807) is 0 Å². The molecule has 1 unspecified atom stereocenters. The standard InChI is InChI=1S/C17H23BrN2O3/c1-12-4-6-15(14(18)9-12)19-16(21)11-20-8-2-3-13(10-20)5-7-17(22)23/h4,6,9,13H,2-3,5,7-8,10-11H2,1H3,(H,19,21)(H,22,23). The van der Waals surface area contributed by atoms with Crippen molar-refractivity contribution in [2.24, 2.45) is 5.92 Å². The van der Waals surface area contributed by atoms with Crippen LogP contribution in [0, 0.1) is 12.8 Å². The van der Waals surface area contributed by atoms with Gasteiger partial charge in [-0.25, -0.2) is 0 Å². The summed E-state index contributed by atoms with van der Waals surface area (Å²) >= 11 is 3.46. The first-order valence-corrected chi connectivity index (χ1v) is 8.73. The van der Waals surface area contributed by atoms with E-state index in [4.69, 9.17) is 5.11 Å². The Morgan fingerprint density at radius 1 is 1.43 bits per heavy atom. The van der Waals surface area contributed by atoms with Crippen LogP contribution in [0.5, 0.6) is 0 Å². The van der Waals surface area contributed by atoms with E-state index in [0.717, 1.165) is 41.7 Å². The molecule has 1 atom stereocenters. The number of hydrogen-bond acceptors (Lipinski definition) is 3. The van der Waals surface area contributed by atoms with Crippen LogP contribution < -0.4 is 5.32 Å². The summed E-state index contributed by atoms with van der Waals surface area (Å²) in [5.41, 5.74) is 1.91. The van der Waals surface area contributed by atoms with E-state index in [2.05, 4.69) is 26.1 Å². The van der Waals surface area contributed by atoms with Crippen molar-refractivity contribution in [2.75, 3.05) is 25.0 Å². The highest BCUT2D eigenvalue weighted by Crippen LogP contribution is 2.24. The molecule has 1 amide bonds. The van der Waals surface area contributed by atoms with Gasteiger partial charge in [-0.05, 0) is 72.3 Å². The number of carboxylic acid groups (broad SMARTS) is 1. The van der Waals surface area contributed by atoms with Gasteiger partial charge in [0, 0.05) is 17.4 Å². The number of aliphatic carboxylic acids is 1.